The molecule has 2 aliphatic heterocycles. The van der Waals surface area contributed by atoms with Gasteiger partial charge in [0.2, 0.25) is 0 Å². The summed E-state index contributed by atoms with van der Waals surface area (Å²) in [6.45, 7) is 0.779. The number of carbonyl (C=O) groups excluding carboxylic acids is 1. The third kappa shape index (κ3) is 2.63. The van der Waals surface area contributed by atoms with Crippen LogP contribution < -0.4 is 23.8 Å². The van der Waals surface area contributed by atoms with Gasteiger partial charge in [0, 0.05) is 11.8 Å². The molecule has 1 fully saturated rings. The number of rotatable bonds is 4. The molecule has 6 nitrogen and oxygen atoms in total. The number of anilines is 1. The van der Waals surface area contributed by atoms with E-state index in [-0.39, 0.29) is 5.56 Å². The SMILES string of the molecule is COc1ccc([C@@H]2N(c3ccc4c(c3)OCCO4)C(=O)C2(F)F)cc1OC. The zero-order valence-electron chi connectivity index (χ0n) is 14.7. The highest BCUT2D eigenvalue weighted by Crippen LogP contribution is 2.51. The average molecular weight is 377 g/mol. The molecule has 8 heteroatoms. The van der Waals surface area contributed by atoms with Gasteiger partial charge in [-0.05, 0) is 29.8 Å². The summed E-state index contributed by atoms with van der Waals surface area (Å²) < 4.78 is 50.2. The van der Waals surface area contributed by atoms with Gasteiger partial charge < -0.3 is 18.9 Å². The number of amides is 1. The van der Waals surface area contributed by atoms with Crippen LogP contribution >= 0.6 is 0 Å². The lowest BCUT2D eigenvalue weighted by molar-refractivity contribution is -0.162. The van der Waals surface area contributed by atoms with E-state index >= 15 is 0 Å². The van der Waals surface area contributed by atoms with Crippen LogP contribution in [0.2, 0.25) is 0 Å². The Balaban J connectivity index is 1.74. The first kappa shape index (κ1) is 17.4. The van der Waals surface area contributed by atoms with Crippen LogP contribution in [0.5, 0.6) is 23.0 Å². The van der Waals surface area contributed by atoms with Gasteiger partial charge >= 0.3 is 11.8 Å². The van der Waals surface area contributed by atoms with Crippen LogP contribution in [0.4, 0.5) is 14.5 Å². The average Bonchev–Trinajstić information content (AvgIpc) is 2.70. The number of carbonyl (C=O) groups is 1. The van der Waals surface area contributed by atoms with Crippen LogP contribution in [-0.4, -0.2) is 39.3 Å². The number of alkyl halides is 2. The Morgan fingerprint density at radius 2 is 1.70 bits per heavy atom. The van der Waals surface area contributed by atoms with Gasteiger partial charge in [0.1, 0.15) is 19.3 Å². The van der Waals surface area contributed by atoms with E-state index < -0.39 is 17.9 Å². The first-order valence-corrected chi connectivity index (χ1v) is 8.30. The number of methoxy groups -OCH3 is 2. The maximum atomic E-state index is 14.5. The van der Waals surface area contributed by atoms with Crippen molar-refractivity contribution in [2.45, 2.75) is 12.0 Å². The van der Waals surface area contributed by atoms with Crippen LogP contribution in [-0.2, 0) is 4.79 Å². The van der Waals surface area contributed by atoms with E-state index in [1.807, 2.05) is 0 Å². The molecular formula is C19H17F2NO5. The summed E-state index contributed by atoms with van der Waals surface area (Å²) in [6, 6.07) is 7.75. The Hall–Kier alpha value is -3.03. The Kier molecular flexibility index (Phi) is 4.05. The molecule has 0 bridgehead atoms. The minimum atomic E-state index is -3.52. The molecule has 4 rings (SSSR count). The predicted molar refractivity (Wildman–Crippen MR) is 92.2 cm³/mol. The molecule has 2 aliphatic rings. The predicted octanol–water partition coefficient (Wildman–Crippen LogP) is 3.20. The summed E-state index contributed by atoms with van der Waals surface area (Å²) in [4.78, 5) is 13.2. The Morgan fingerprint density at radius 1 is 1.00 bits per heavy atom. The van der Waals surface area contributed by atoms with Gasteiger partial charge in [-0.25, -0.2) is 0 Å². The highest BCUT2D eigenvalue weighted by atomic mass is 19.3. The smallest absolute Gasteiger partial charge is 0.349 e. The van der Waals surface area contributed by atoms with Crippen molar-refractivity contribution in [2.24, 2.45) is 0 Å². The molecule has 2 aromatic carbocycles. The number of halogens is 2. The number of β-lactam (4-membered cyclic amide) rings is 1. The number of hydrogen-bond donors (Lipinski definition) is 0. The quantitative estimate of drug-likeness (QED) is 0.766. The Labute approximate surface area is 154 Å². The van der Waals surface area contributed by atoms with Crippen LogP contribution in [0, 0.1) is 0 Å². The summed E-state index contributed by atoms with van der Waals surface area (Å²) in [6.07, 6.45) is 0. The molecule has 142 valence electrons. The van der Waals surface area contributed by atoms with Gasteiger partial charge in [0.15, 0.2) is 23.0 Å². The third-order valence-electron chi connectivity index (χ3n) is 4.63. The van der Waals surface area contributed by atoms with Gasteiger partial charge in [-0.3, -0.25) is 9.69 Å². The highest BCUT2D eigenvalue weighted by Gasteiger charge is 2.64. The highest BCUT2D eigenvalue weighted by molar-refractivity contribution is 6.07. The van der Waals surface area contributed by atoms with Crippen molar-refractivity contribution in [2.75, 3.05) is 32.3 Å². The topological polar surface area (TPSA) is 57.2 Å². The minimum absolute atomic E-state index is 0.243. The fourth-order valence-corrected chi connectivity index (χ4v) is 3.32. The lowest BCUT2D eigenvalue weighted by Crippen LogP contribution is -2.64. The number of nitrogens with zero attached hydrogens (tertiary/aromatic N) is 1. The molecule has 0 spiro atoms. The van der Waals surface area contributed by atoms with E-state index in [2.05, 4.69) is 0 Å². The van der Waals surface area contributed by atoms with E-state index in [4.69, 9.17) is 18.9 Å². The van der Waals surface area contributed by atoms with E-state index in [1.165, 1.54) is 38.5 Å². The molecule has 27 heavy (non-hydrogen) atoms. The molecule has 2 aromatic rings. The molecular weight excluding hydrogens is 360 g/mol. The fraction of sp³-hybridized carbons (Fsp3) is 0.316. The third-order valence-corrected chi connectivity index (χ3v) is 4.63. The normalized spacial score (nSPS) is 20.1. The summed E-state index contributed by atoms with van der Waals surface area (Å²) in [5.41, 5.74) is 0.557. The lowest BCUT2D eigenvalue weighted by atomic mass is 9.88. The zero-order valence-corrected chi connectivity index (χ0v) is 14.7. The van der Waals surface area contributed by atoms with Crippen molar-refractivity contribution >= 4 is 11.6 Å². The van der Waals surface area contributed by atoms with Gasteiger partial charge in [0.25, 0.3) is 0 Å². The van der Waals surface area contributed by atoms with E-state index in [0.29, 0.717) is 41.9 Å². The summed E-state index contributed by atoms with van der Waals surface area (Å²) >= 11 is 0. The second-order valence-electron chi connectivity index (χ2n) is 6.14. The van der Waals surface area contributed by atoms with E-state index in [0.717, 1.165) is 4.90 Å². The van der Waals surface area contributed by atoms with Crippen molar-refractivity contribution < 1.29 is 32.5 Å². The largest absolute Gasteiger partial charge is 0.493 e. The molecule has 1 atom stereocenters. The zero-order chi connectivity index (χ0) is 19.2. The summed E-state index contributed by atoms with van der Waals surface area (Å²) in [5, 5.41) is 0. The molecule has 2 heterocycles. The van der Waals surface area contributed by atoms with Gasteiger partial charge in [0.05, 0.1) is 14.2 Å². The standard InChI is InChI=1S/C19H17F2NO5/c1-24-13-5-3-11(9-15(13)25-2)17-19(20,21)18(23)22(17)12-4-6-14-16(10-12)27-8-7-26-14/h3-6,9-10,17H,7-8H2,1-2H3/t17-/m0/s1. The molecule has 0 aromatic heterocycles. The lowest BCUT2D eigenvalue weighted by Gasteiger charge is -2.46. The molecule has 0 unspecified atom stereocenters. The molecule has 0 radical (unpaired) electrons. The van der Waals surface area contributed by atoms with Crippen molar-refractivity contribution in [3.05, 3.63) is 42.0 Å². The van der Waals surface area contributed by atoms with Gasteiger partial charge in [-0.1, -0.05) is 6.07 Å². The van der Waals surface area contributed by atoms with Crippen LogP contribution in [0.15, 0.2) is 36.4 Å². The Bertz CT molecular complexity index is 902. The van der Waals surface area contributed by atoms with Crippen molar-refractivity contribution in [3.63, 3.8) is 0 Å². The number of hydrogen-bond acceptors (Lipinski definition) is 5. The summed E-state index contributed by atoms with van der Waals surface area (Å²) in [5.74, 6) is -3.11. The second-order valence-corrected chi connectivity index (χ2v) is 6.14. The van der Waals surface area contributed by atoms with E-state index in [9.17, 15) is 13.6 Å². The molecule has 0 N–H and O–H groups in total. The van der Waals surface area contributed by atoms with E-state index in [1.54, 1.807) is 12.1 Å². The number of ether oxygens (including phenoxy) is 4. The van der Waals surface area contributed by atoms with Crippen molar-refractivity contribution in [1.29, 1.82) is 0 Å². The molecule has 0 saturated carbocycles. The molecule has 0 aliphatic carbocycles. The van der Waals surface area contributed by atoms with Crippen LogP contribution in [0.3, 0.4) is 0 Å². The second kappa shape index (κ2) is 6.29. The van der Waals surface area contributed by atoms with Crippen LogP contribution in [0.1, 0.15) is 11.6 Å². The maximum Gasteiger partial charge on any atom is 0.349 e. The first-order chi connectivity index (χ1) is 13.0. The maximum absolute atomic E-state index is 14.5. The molecule has 1 amide bonds. The van der Waals surface area contributed by atoms with Gasteiger partial charge in [-0.15, -0.1) is 0 Å². The Morgan fingerprint density at radius 3 is 2.41 bits per heavy atom. The fourth-order valence-electron chi connectivity index (χ4n) is 3.32. The van der Waals surface area contributed by atoms with Crippen molar-refractivity contribution in [3.8, 4) is 23.0 Å². The monoisotopic (exact) mass is 377 g/mol. The van der Waals surface area contributed by atoms with Gasteiger partial charge in [-0.2, -0.15) is 8.78 Å². The van der Waals surface area contributed by atoms with Crippen molar-refractivity contribution in [1.82, 2.24) is 0 Å². The first-order valence-electron chi connectivity index (χ1n) is 8.30. The number of benzene rings is 2. The number of fused-ring (bicyclic) bond motifs is 1. The summed E-state index contributed by atoms with van der Waals surface area (Å²) in [7, 11) is 2.88. The molecule has 1 saturated heterocycles. The van der Waals surface area contributed by atoms with Crippen LogP contribution in [0.25, 0.3) is 0 Å². The minimum Gasteiger partial charge on any atom is -0.493 e.